The Kier molecular flexibility index (Phi) is 4.04. The van der Waals surface area contributed by atoms with Crippen molar-refractivity contribution >= 4 is 0 Å². The molecule has 0 saturated carbocycles. The van der Waals surface area contributed by atoms with Crippen LogP contribution in [0, 0.1) is 0 Å². The number of epoxide rings is 1. The molecule has 3 fully saturated rings. The van der Waals surface area contributed by atoms with Gasteiger partial charge in [0.1, 0.15) is 24.4 Å². The lowest BCUT2D eigenvalue weighted by molar-refractivity contribution is -0.308. The summed E-state index contributed by atoms with van der Waals surface area (Å²) in [5, 5.41) is 0. The normalized spacial score (nSPS) is 36.3. The zero-order valence-electron chi connectivity index (χ0n) is 13.7. The molecule has 0 N–H and O–H groups in total. The van der Waals surface area contributed by atoms with Crippen molar-refractivity contribution in [3.63, 3.8) is 0 Å². The van der Waals surface area contributed by atoms with Gasteiger partial charge in [0, 0.05) is 5.56 Å². The highest BCUT2D eigenvalue weighted by atomic mass is 16.8. The second-order valence-electron chi connectivity index (χ2n) is 6.58. The van der Waals surface area contributed by atoms with Crippen LogP contribution in [0.4, 0.5) is 0 Å². The SMILES string of the molecule is c1ccc(CO[C@H]2O[C@@H]3COC(c4ccccc4)O[C@H]3[C@H]3O[C@@H]23)cc1. The average Bonchev–Trinajstić information content (AvgIpc) is 3.49. The first-order valence-electron chi connectivity index (χ1n) is 8.67. The molecule has 6 atom stereocenters. The molecule has 2 aromatic carbocycles. The summed E-state index contributed by atoms with van der Waals surface area (Å²) in [6.07, 6.45) is -1.04. The number of rotatable bonds is 4. The Labute approximate surface area is 146 Å². The summed E-state index contributed by atoms with van der Waals surface area (Å²) < 4.78 is 29.7. The van der Waals surface area contributed by atoms with E-state index in [4.69, 9.17) is 23.7 Å². The monoisotopic (exact) mass is 340 g/mol. The van der Waals surface area contributed by atoms with Gasteiger partial charge < -0.3 is 23.7 Å². The molecule has 5 nitrogen and oxygen atoms in total. The predicted octanol–water partition coefficient (Wildman–Crippen LogP) is 2.81. The van der Waals surface area contributed by atoms with Crippen molar-refractivity contribution in [3.05, 3.63) is 71.8 Å². The lowest BCUT2D eigenvalue weighted by Gasteiger charge is -2.39. The molecule has 0 spiro atoms. The summed E-state index contributed by atoms with van der Waals surface area (Å²) in [7, 11) is 0. The van der Waals surface area contributed by atoms with Gasteiger partial charge in [-0.15, -0.1) is 0 Å². The van der Waals surface area contributed by atoms with Crippen LogP contribution >= 0.6 is 0 Å². The second kappa shape index (κ2) is 6.52. The van der Waals surface area contributed by atoms with E-state index in [2.05, 4.69) is 0 Å². The topological polar surface area (TPSA) is 49.5 Å². The maximum absolute atomic E-state index is 6.11. The fourth-order valence-corrected chi connectivity index (χ4v) is 3.49. The van der Waals surface area contributed by atoms with Crippen LogP contribution in [0.15, 0.2) is 60.7 Å². The molecule has 3 aliphatic heterocycles. The molecule has 0 bridgehead atoms. The number of hydrogen-bond acceptors (Lipinski definition) is 5. The molecule has 5 heteroatoms. The summed E-state index contributed by atoms with van der Waals surface area (Å²) in [5.41, 5.74) is 2.13. The van der Waals surface area contributed by atoms with Crippen LogP contribution < -0.4 is 0 Å². The smallest absolute Gasteiger partial charge is 0.187 e. The lowest BCUT2D eigenvalue weighted by Crippen LogP contribution is -2.52. The van der Waals surface area contributed by atoms with Gasteiger partial charge in [-0.1, -0.05) is 60.7 Å². The molecule has 2 aromatic rings. The zero-order chi connectivity index (χ0) is 16.6. The highest BCUT2D eigenvalue weighted by Gasteiger charge is 2.60. The minimum absolute atomic E-state index is 0.0228. The molecule has 0 amide bonds. The van der Waals surface area contributed by atoms with Crippen LogP contribution in [-0.4, -0.2) is 37.3 Å². The zero-order valence-corrected chi connectivity index (χ0v) is 13.7. The van der Waals surface area contributed by atoms with Gasteiger partial charge in [0.15, 0.2) is 12.6 Å². The maximum atomic E-state index is 6.11. The molecule has 25 heavy (non-hydrogen) atoms. The van der Waals surface area contributed by atoms with Gasteiger partial charge in [0.2, 0.25) is 0 Å². The van der Waals surface area contributed by atoms with Crippen molar-refractivity contribution in [2.45, 2.75) is 43.6 Å². The fraction of sp³-hybridized carbons (Fsp3) is 0.400. The van der Waals surface area contributed by atoms with Gasteiger partial charge in [-0.2, -0.15) is 0 Å². The number of fused-ring (bicyclic) bond motifs is 3. The molecule has 130 valence electrons. The first-order chi connectivity index (χ1) is 12.4. The van der Waals surface area contributed by atoms with Gasteiger partial charge >= 0.3 is 0 Å². The van der Waals surface area contributed by atoms with Crippen LogP contribution in [-0.2, 0) is 30.3 Å². The van der Waals surface area contributed by atoms with Crippen molar-refractivity contribution in [3.8, 4) is 0 Å². The van der Waals surface area contributed by atoms with E-state index in [0.29, 0.717) is 13.2 Å². The summed E-state index contributed by atoms with van der Waals surface area (Å²) in [4.78, 5) is 0. The Morgan fingerprint density at radius 3 is 2.36 bits per heavy atom. The number of benzene rings is 2. The van der Waals surface area contributed by atoms with E-state index in [9.17, 15) is 0 Å². The first-order valence-corrected chi connectivity index (χ1v) is 8.67. The van der Waals surface area contributed by atoms with E-state index >= 15 is 0 Å². The Balaban J connectivity index is 1.22. The quantitative estimate of drug-likeness (QED) is 0.801. The van der Waals surface area contributed by atoms with Crippen molar-refractivity contribution in [2.24, 2.45) is 0 Å². The van der Waals surface area contributed by atoms with Crippen LogP contribution in [0.5, 0.6) is 0 Å². The largest absolute Gasteiger partial charge is 0.361 e. The van der Waals surface area contributed by atoms with E-state index in [1.807, 2.05) is 60.7 Å². The Bertz CT molecular complexity index is 707. The third-order valence-corrected chi connectivity index (χ3v) is 4.85. The predicted molar refractivity (Wildman–Crippen MR) is 88.6 cm³/mol. The molecule has 3 saturated heterocycles. The summed E-state index contributed by atoms with van der Waals surface area (Å²) in [5.74, 6) is 0. The first kappa shape index (κ1) is 15.5. The van der Waals surface area contributed by atoms with Gasteiger partial charge in [-0.25, -0.2) is 0 Å². The molecule has 0 aromatic heterocycles. The van der Waals surface area contributed by atoms with E-state index in [0.717, 1.165) is 11.1 Å². The summed E-state index contributed by atoms with van der Waals surface area (Å²) in [6, 6.07) is 20.0. The Morgan fingerprint density at radius 2 is 1.56 bits per heavy atom. The van der Waals surface area contributed by atoms with Crippen LogP contribution in [0.3, 0.4) is 0 Å². The van der Waals surface area contributed by atoms with Crippen molar-refractivity contribution in [2.75, 3.05) is 6.61 Å². The van der Waals surface area contributed by atoms with Gasteiger partial charge in [-0.3, -0.25) is 0 Å². The highest BCUT2D eigenvalue weighted by molar-refractivity contribution is 5.17. The molecule has 5 rings (SSSR count). The van der Waals surface area contributed by atoms with E-state index in [1.54, 1.807) is 0 Å². The Morgan fingerprint density at radius 1 is 0.800 bits per heavy atom. The molecule has 3 heterocycles. The molecule has 0 radical (unpaired) electrons. The molecular weight excluding hydrogens is 320 g/mol. The standard InChI is InChI=1S/C20H20O5/c1-3-7-13(8-4-1)11-21-20-18-17(24-18)16-15(23-20)12-22-19(25-16)14-9-5-2-6-10-14/h1-10,15-20H,11-12H2/t15-,16-,17-,18-,19?,20+/m1/s1. The fourth-order valence-electron chi connectivity index (χ4n) is 3.49. The number of hydrogen-bond donors (Lipinski definition) is 0. The van der Waals surface area contributed by atoms with Crippen molar-refractivity contribution < 1.29 is 23.7 Å². The van der Waals surface area contributed by atoms with Gasteiger partial charge in [-0.05, 0) is 5.56 Å². The number of ether oxygens (including phenoxy) is 5. The third kappa shape index (κ3) is 3.10. The summed E-state index contributed by atoms with van der Waals surface area (Å²) in [6.45, 7) is 0.978. The molecule has 3 aliphatic rings. The van der Waals surface area contributed by atoms with E-state index in [1.165, 1.54) is 0 Å². The maximum Gasteiger partial charge on any atom is 0.187 e. The lowest BCUT2D eigenvalue weighted by atomic mass is 10.0. The summed E-state index contributed by atoms with van der Waals surface area (Å²) >= 11 is 0. The average molecular weight is 340 g/mol. The van der Waals surface area contributed by atoms with Crippen LogP contribution in [0.1, 0.15) is 17.4 Å². The minimum Gasteiger partial charge on any atom is -0.361 e. The van der Waals surface area contributed by atoms with Crippen molar-refractivity contribution in [1.29, 1.82) is 0 Å². The van der Waals surface area contributed by atoms with Gasteiger partial charge in [0.25, 0.3) is 0 Å². The molecular formula is C20H20O5. The van der Waals surface area contributed by atoms with Crippen molar-refractivity contribution in [1.82, 2.24) is 0 Å². The third-order valence-electron chi connectivity index (χ3n) is 4.85. The second-order valence-corrected chi connectivity index (χ2v) is 6.58. The highest BCUT2D eigenvalue weighted by Crippen LogP contribution is 2.43. The Hall–Kier alpha value is -1.76. The molecule has 1 unspecified atom stereocenters. The van der Waals surface area contributed by atoms with Crippen LogP contribution in [0.25, 0.3) is 0 Å². The minimum atomic E-state index is -0.369. The molecule has 0 aliphatic carbocycles. The van der Waals surface area contributed by atoms with E-state index < -0.39 is 0 Å². The van der Waals surface area contributed by atoms with Crippen LogP contribution in [0.2, 0.25) is 0 Å². The van der Waals surface area contributed by atoms with Gasteiger partial charge in [0.05, 0.1) is 13.2 Å². The van der Waals surface area contributed by atoms with E-state index in [-0.39, 0.29) is 37.0 Å².